The van der Waals surface area contributed by atoms with Gasteiger partial charge in [-0.1, -0.05) is 19.8 Å². The van der Waals surface area contributed by atoms with Gasteiger partial charge in [-0.25, -0.2) is 0 Å². The minimum absolute atomic E-state index is 0.548. The minimum atomic E-state index is -0.548. The molecule has 0 aromatic rings. The Bertz CT molecular complexity index is 117. The number of hydrogen-bond donors (Lipinski definition) is 1. The summed E-state index contributed by atoms with van der Waals surface area (Å²) in [4.78, 5) is 0. The van der Waals surface area contributed by atoms with Crippen LogP contribution in [-0.2, 0) is 0 Å². The smallest absolute Gasteiger partial charge is 0.0651 e. The summed E-state index contributed by atoms with van der Waals surface area (Å²) >= 11 is 0. The van der Waals surface area contributed by atoms with Crippen molar-refractivity contribution < 1.29 is 5.11 Å². The Morgan fingerprint density at radius 3 is 2.20 bits per heavy atom. The summed E-state index contributed by atoms with van der Waals surface area (Å²) in [6, 6.07) is 0. The largest absolute Gasteiger partial charge is 0.390 e. The van der Waals surface area contributed by atoms with Crippen LogP contribution in [0.2, 0.25) is 0 Å². The van der Waals surface area contributed by atoms with Crippen molar-refractivity contribution in [1.29, 1.82) is 0 Å². The first kappa shape index (κ1) is 9.52. The molecule has 0 heterocycles. The third-order valence-electron chi connectivity index (χ3n) is 2.03. The summed E-state index contributed by atoms with van der Waals surface area (Å²) in [5.41, 5.74) is -0.548. The minimum Gasteiger partial charge on any atom is -0.390 e. The lowest BCUT2D eigenvalue weighted by Gasteiger charge is -2.23. The first-order valence-electron chi connectivity index (χ1n) is 3.80. The molecule has 57 valence electrons. The van der Waals surface area contributed by atoms with Gasteiger partial charge >= 0.3 is 0 Å². The monoisotopic (exact) mass is 139 g/mol. The van der Waals surface area contributed by atoms with Crippen molar-refractivity contribution in [2.24, 2.45) is 0 Å². The zero-order valence-electron chi connectivity index (χ0n) is 6.78. The van der Waals surface area contributed by atoms with E-state index in [4.69, 9.17) is 6.42 Å². The van der Waals surface area contributed by atoms with E-state index in [-0.39, 0.29) is 0 Å². The van der Waals surface area contributed by atoms with E-state index in [9.17, 15) is 5.11 Å². The van der Waals surface area contributed by atoms with Gasteiger partial charge in [0, 0.05) is 6.42 Å². The van der Waals surface area contributed by atoms with Crippen molar-refractivity contribution in [1.82, 2.24) is 0 Å². The van der Waals surface area contributed by atoms with E-state index >= 15 is 0 Å². The van der Waals surface area contributed by atoms with Crippen LogP contribution in [0.25, 0.3) is 0 Å². The van der Waals surface area contributed by atoms with E-state index in [1.54, 1.807) is 0 Å². The molecule has 0 rings (SSSR count). The van der Waals surface area contributed by atoms with Crippen LogP contribution in [0.15, 0.2) is 0 Å². The zero-order valence-corrected chi connectivity index (χ0v) is 6.78. The fourth-order valence-corrected chi connectivity index (χ4v) is 0.899. The Hall–Kier alpha value is -0.480. The predicted molar refractivity (Wildman–Crippen MR) is 41.9 cm³/mol. The molecular weight excluding hydrogens is 124 g/mol. The fraction of sp³-hybridized carbons (Fsp3) is 0.778. The predicted octanol–water partition coefficient (Wildman–Crippen LogP) is 1.91. The van der Waals surface area contributed by atoms with E-state index in [2.05, 4.69) is 5.92 Å². The van der Waals surface area contributed by atoms with E-state index in [0.29, 0.717) is 12.8 Å². The molecule has 1 N–H and O–H groups in total. The van der Waals surface area contributed by atoms with Crippen LogP contribution in [0, 0.1) is 12.3 Å². The quantitative estimate of drug-likeness (QED) is 0.590. The second-order valence-corrected chi connectivity index (χ2v) is 2.61. The van der Waals surface area contributed by atoms with Gasteiger partial charge in [0.05, 0.1) is 5.60 Å². The van der Waals surface area contributed by atoms with Crippen molar-refractivity contribution >= 4 is 0 Å². The Kier molecular flexibility index (Phi) is 4.14. The molecule has 1 radical (unpaired) electrons. The van der Waals surface area contributed by atoms with E-state index in [1.165, 1.54) is 0 Å². The van der Waals surface area contributed by atoms with E-state index < -0.39 is 5.60 Å². The van der Waals surface area contributed by atoms with Gasteiger partial charge in [-0.15, -0.1) is 0 Å². The highest BCUT2D eigenvalue weighted by atomic mass is 16.3. The van der Waals surface area contributed by atoms with Crippen molar-refractivity contribution in [3.63, 3.8) is 0 Å². The fourth-order valence-electron chi connectivity index (χ4n) is 0.899. The molecule has 0 unspecified atom stereocenters. The van der Waals surface area contributed by atoms with Crippen molar-refractivity contribution in [3.05, 3.63) is 6.42 Å². The summed E-state index contributed by atoms with van der Waals surface area (Å²) in [5, 5.41) is 9.64. The topological polar surface area (TPSA) is 20.2 Å². The molecule has 1 heteroatoms. The number of rotatable bonds is 4. The van der Waals surface area contributed by atoms with Gasteiger partial charge in [-0.2, -0.15) is 0 Å². The van der Waals surface area contributed by atoms with Crippen molar-refractivity contribution in [3.8, 4) is 5.92 Å². The molecule has 0 saturated heterocycles. The summed E-state index contributed by atoms with van der Waals surface area (Å²) in [6.07, 6.45) is 9.45. The van der Waals surface area contributed by atoms with Crippen molar-refractivity contribution in [2.45, 2.75) is 45.1 Å². The second-order valence-electron chi connectivity index (χ2n) is 2.61. The van der Waals surface area contributed by atoms with Crippen LogP contribution in [-0.4, -0.2) is 10.7 Å². The van der Waals surface area contributed by atoms with Crippen LogP contribution < -0.4 is 0 Å². The molecule has 0 aliphatic carbocycles. The van der Waals surface area contributed by atoms with Gasteiger partial charge in [0.2, 0.25) is 0 Å². The maximum atomic E-state index is 9.64. The Labute approximate surface area is 63.5 Å². The molecule has 0 atom stereocenters. The molecule has 10 heavy (non-hydrogen) atoms. The van der Waals surface area contributed by atoms with Crippen LogP contribution in [0.5, 0.6) is 0 Å². The lowest BCUT2D eigenvalue weighted by Crippen LogP contribution is -2.25. The van der Waals surface area contributed by atoms with Gasteiger partial charge in [-0.3, -0.25) is 0 Å². The molecule has 0 aliphatic rings. The average Bonchev–Trinajstić information content (AvgIpc) is 2.00. The molecule has 0 fully saturated rings. The molecule has 1 nitrogen and oxygen atoms in total. The van der Waals surface area contributed by atoms with Crippen LogP contribution in [0.3, 0.4) is 0 Å². The lowest BCUT2D eigenvalue weighted by atomic mass is 9.92. The van der Waals surface area contributed by atoms with Crippen LogP contribution in [0.1, 0.15) is 39.5 Å². The normalized spacial score (nSPS) is 11.0. The molecule has 0 aromatic carbocycles. The first-order chi connectivity index (χ1) is 4.68. The highest BCUT2D eigenvalue weighted by Crippen LogP contribution is 2.20. The van der Waals surface area contributed by atoms with E-state index in [1.807, 2.05) is 13.8 Å². The van der Waals surface area contributed by atoms with Crippen LogP contribution >= 0.6 is 0 Å². The van der Waals surface area contributed by atoms with Gasteiger partial charge in [0.15, 0.2) is 0 Å². The summed E-state index contributed by atoms with van der Waals surface area (Å²) in [7, 11) is 0. The zero-order chi connectivity index (χ0) is 8.04. The summed E-state index contributed by atoms with van der Waals surface area (Å²) in [5.74, 6) is 2.28. The third-order valence-corrected chi connectivity index (χ3v) is 2.03. The average molecular weight is 139 g/mol. The Balaban J connectivity index is 3.71. The first-order valence-corrected chi connectivity index (χ1v) is 3.80. The standard InChI is InChI=1S/C9H15O/c1-4-7-8-9(10,5-2)6-3/h10H,5-8H2,2-3H3. The SMILES string of the molecule is [C]#CCCC(O)(CC)CC. The maximum absolute atomic E-state index is 9.64. The van der Waals surface area contributed by atoms with Gasteiger partial charge in [0.1, 0.15) is 0 Å². The van der Waals surface area contributed by atoms with Crippen LogP contribution in [0.4, 0.5) is 0 Å². The van der Waals surface area contributed by atoms with E-state index in [0.717, 1.165) is 12.8 Å². The molecule has 0 spiro atoms. The summed E-state index contributed by atoms with van der Waals surface area (Å²) in [6.45, 7) is 3.93. The molecule has 0 amide bonds. The number of hydrogen-bond acceptors (Lipinski definition) is 1. The molecular formula is C9H15O. The highest BCUT2D eigenvalue weighted by Gasteiger charge is 2.20. The lowest BCUT2D eigenvalue weighted by molar-refractivity contribution is 0.0251. The summed E-state index contributed by atoms with van der Waals surface area (Å²) < 4.78 is 0. The van der Waals surface area contributed by atoms with Gasteiger partial charge in [0.25, 0.3) is 0 Å². The Morgan fingerprint density at radius 1 is 1.40 bits per heavy atom. The maximum Gasteiger partial charge on any atom is 0.0651 e. The molecule has 0 saturated carbocycles. The Morgan fingerprint density at radius 2 is 1.90 bits per heavy atom. The van der Waals surface area contributed by atoms with Gasteiger partial charge in [-0.05, 0) is 25.7 Å². The molecule has 0 aliphatic heterocycles. The highest BCUT2D eigenvalue weighted by molar-refractivity contribution is 4.83. The number of aliphatic hydroxyl groups is 1. The molecule has 0 aromatic heterocycles. The third kappa shape index (κ3) is 2.89. The van der Waals surface area contributed by atoms with Gasteiger partial charge < -0.3 is 5.11 Å². The van der Waals surface area contributed by atoms with Crippen molar-refractivity contribution in [2.75, 3.05) is 0 Å². The second kappa shape index (κ2) is 4.35. The molecule has 0 bridgehead atoms.